The van der Waals surface area contributed by atoms with E-state index in [1.54, 1.807) is 6.07 Å². The Morgan fingerprint density at radius 2 is 1.85 bits per heavy atom. The molecule has 1 amide bonds. The fraction of sp³-hybridized carbons (Fsp3) is 0.125. The molecule has 0 aliphatic carbocycles. The Hall–Kier alpha value is -2.62. The molecule has 1 aromatic heterocycles. The Balaban J connectivity index is 1.99. The van der Waals surface area contributed by atoms with Gasteiger partial charge >= 0.3 is 0 Å². The molecule has 0 bridgehead atoms. The molecule has 0 aliphatic rings. The Morgan fingerprint density at radius 3 is 2.60 bits per heavy atom. The van der Waals surface area contributed by atoms with Gasteiger partial charge in [0.15, 0.2) is 0 Å². The van der Waals surface area contributed by atoms with Crippen molar-refractivity contribution in [2.75, 3.05) is 5.32 Å². The van der Waals surface area contributed by atoms with Crippen molar-refractivity contribution in [3.05, 3.63) is 59.3 Å². The zero-order valence-corrected chi connectivity index (χ0v) is 11.3. The summed E-state index contributed by atoms with van der Waals surface area (Å²) in [5, 5.41) is 8.56. The summed E-state index contributed by atoms with van der Waals surface area (Å²) in [5.41, 5.74) is 2.24. The quantitative estimate of drug-likeness (QED) is 0.769. The number of rotatable bonds is 2. The third-order valence-corrected chi connectivity index (χ3v) is 3.42. The van der Waals surface area contributed by atoms with E-state index in [-0.39, 0.29) is 5.91 Å². The molecule has 0 aliphatic heterocycles. The van der Waals surface area contributed by atoms with Gasteiger partial charge in [-0.25, -0.2) is 0 Å². The molecule has 1 N–H and O–H groups in total. The average Bonchev–Trinajstić information content (AvgIpc) is 2.78. The van der Waals surface area contributed by atoms with Gasteiger partial charge in [0, 0.05) is 11.1 Å². The van der Waals surface area contributed by atoms with E-state index in [9.17, 15) is 4.79 Å². The van der Waals surface area contributed by atoms with E-state index in [0.29, 0.717) is 11.4 Å². The first-order valence-corrected chi connectivity index (χ1v) is 6.39. The maximum Gasteiger partial charge on any atom is 0.258 e. The zero-order chi connectivity index (χ0) is 14.1. The Bertz CT molecular complexity index is 785. The molecule has 0 spiro atoms. The van der Waals surface area contributed by atoms with Crippen molar-refractivity contribution in [2.45, 2.75) is 13.8 Å². The van der Waals surface area contributed by atoms with Gasteiger partial charge in [0.1, 0.15) is 0 Å². The van der Waals surface area contributed by atoms with E-state index < -0.39 is 0 Å². The van der Waals surface area contributed by atoms with Crippen LogP contribution in [0.2, 0.25) is 0 Å². The molecule has 3 rings (SSSR count). The van der Waals surface area contributed by atoms with Crippen LogP contribution in [0.15, 0.2) is 47.0 Å². The number of aryl methyl sites for hydroxylation is 1. The highest BCUT2D eigenvalue weighted by molar-refractivity contribution is 6.12. The zero-order valence-electron chi connectivity index (χ0n) is 11.3. The number of hydrogen-bond donors (Lipinski definition) is 1. The maximum absolute atomic E-state index is 12.4. The summed E-state index contributed by atoms with van der Waals surface area (Å²) in [4.78, 5) is 12.4. The lowest BCUT2D eigenvalue weighted by Crippen LogP contribution is -2.12. The lowest BCUT2D eigenvalue weighted by Gasteiger charge is -2.06. The van der Waals surface area contributed by atoms with Crippen LogP contribution in [0.3, 0.4) is 0 Å². The summed E-state index contributed by atoms with van der Waals surface area (Å²) in [6.45, 7) is 3.71. The summed E-state index contributed by atoms with van der Waals surface area (Å²) in [6.07, 6.45) is 0. The highest BCUT2D eigenvalue weighted by Crippen LogP contribution is 2.22. The summed E-state index contributed by atoms with van der Waals surface area (Å²) in [7, 11) is 0. The molecule has 20 heavy (non-hydrogen) atoms. The molecule has 0 saturated carbocycles. The predicted octanol–water partition coefficient (Wildman–Crippen LogP) is 3.70. The van der Waals surface area contributed by atoms with Gasteiger partial charge in [-0.1, -0.05) is 41.6 Å². The van der Waals surface area contributed by atoms with Gasteiger partial charge < -0.3 is 4.52 Å². The third-order valence-electron chi connectivity index (χ3n) is 3.42. The minimum absolute atomic E-state index is 0.193. The number of nitrogens with zero attached hydrogens (tertiary/aromatic N) is 1. The largest absolute Gasteiger partial charge is 0.338 e. The fourth-order valence-corrected chi connectivity index (χ4v) is 2.13. The minimum atomic E-state index is -0.193. The van der Waals surface area contributed by atoms with Crippen molar-refractivity contribution in [2.24, 2.45) is 0 Å². The summed E-state index contributed by atoms with van der Waals surface area (Å²) >= 11 is 0. The molecule has 0 unspecified atom stereocenters. The van der Waals surface area contributed by atoms with Gasteiger partial charge in [-0.05, 0) is 30.7 Å². The standard InChI is InChI=1S/C16H14N2O2/c1-10-11(2)18-20-16(10)17-15(19)14-9-5-7-12-6-3-4-8-13(12)14/h3-9H,1-2H3,(H,17,19). The Kier molecular flexibility index (Phi) is 2.99. The van der Waals surface area contributed by atoms with Gasteiger partial charge in [-0.3, -0.25) is 10.1 Å². The van der Waals surface area contributed by atoms with E-state index in [0.717, 1.165) is 22.0 Å². The number of benzene rings is 2. The van der Waals surface area contributed by atoms with E-state index in [4.69, 9.17) is 4.52 Å². The molecule has 0 saturated heterocycles. The molecule has 0 atom stereocenters. The van der Waals surface area contributed by atoms with Gasteiger partial charge in [-0.2, -0.15) is 0 Å². The molecule has 100 valence electrons. The summed E-state index contributed by atoms with van der Waals surface area (Å²) in [6, 6.07) is 13.4. The van der Waals surface area contributed by atoms with Crippen LogP contribution in [0.1, 0.15) is 21.6 Å². The third kappa shape index (κ3) is 2.05. The van der Waals surface area contributed by atoms with Crippen LogP contribution in [-0.4, -0.2) is 11.1 Å². The highest BCUT2D eigenvalue weighted by atomic mass is 16.5. The maximum atomic E-state index is 12.4. The van der Waals surface area contributed by atoms with Crippen molar-refractivity contribution in [1.29, 1.82) is 0 Å². The van der Waals surface area contributed by atoms with Crippen LogP contribution in [0.5, 0.6) is 0 Å². The first-order valence-electron chi connectivity index (χ1n) is 6.39. The molecular formula is C16H14N2O2. The van der Waals surface area contributed by atoms with Crippen LogP contribution in [0.25, 0.3) is 10.8 Å². The SMILES string of the molecule is Cc1noc(NC(=O)c2cccc3ccccc23)c1C. The van der Waals surface area contributed by atoms with Crippen molar-refractivity contribution in [1.82, 2.24) is 5.16 Å². The van der Waals surface area contributed by atoms with E-state index >= 15 is 0 Å². The van der Waals surface area contributed by atoms with E-state index in [1.807, 2.05) is 50.2 Å². The number of carbonyl (C=O) groups excluding carboxylic acids is 1. The lowest BCUT2D eigenvalue weighted by molar-refractivity contribution is 0.102. The number of nitrogens with one attached hydrogen (secondary N) is 1. The number of hydrogen-bond acceptors (Lipinski definition) is 3. The van der Waals surface area contributed by atoms with Gasteiger partial charge in [0.2, 0.25) is 5.88 Å². The number of carbonyl (C=O) groups is 1. The summed E-state index contributed by atoms with van der Waals surface area (Å²) < 4.78 is 5.12. The topological polar surface area (TPSA) is 55.1 Å². The van der Waals surface area contributed by atoms with Crippen molar-refractivity contribution in [3.63, 3.8) is 0 Å². The molecule has 4 nitrogen and oxygen atoms in total. The number of anilines is 1. The van der Waals surface area contributed by atoms with Crippen LogP contribution < -0.4 is 5.32 Å². The Morgan fingerprint density at radius 1 is 1.10 bits per heavy atom. The van der Waals surface area contributed by atoms with Gasteiger partial charge in [-0.15, -0.1) is 0 Å². The Labute approximate surface area is 116 Å². The van der Waals surface area contributed by atoms with Crippen molar-refractivity contribution < 1.29 is 9.32 Å². The number of amides is 1. The molecule has 2 aromatic carbocycles. The smallest absolute Gasteiger partial charge is 0.258 e. The van der Waals surface area contributed by atoms with Crippen LogP contribution in [-0.2, 0) is 0 Å². The molecular weight excluding hydrogens is 252 g/mol. The molecule has 3 aromatic rings. The molecule has 0 radical (unpaired) electrons. The van der Waals surface area contributed by atoms with E-state index in [1.165, 1.54) is 0 Å². The minimum Gasteiger partial charge on any atom is -0.338 e. The van der Waals surface area contributed by atoms with Crippen molar-refractivity contribution in [3.8, 4) is 0 Å². The number of aromatic nitrogens is 1. The van der Waals surface area contributed by atoms with Crippen LogP contribution in [0, 0.1) is 13.8 Å². The summed E-state index contributed by atoms with van der Waals surface area (Å²) in [5.74, 6) is 0.210. The first-order chi connectivity index (χ1) is 9.66. The first kappa shape index (κ1) is 12.4. The monoisotopic (exact) mass is 266 g/mol. The van der Waals surface area contributed by atoms with Crippen molar-refractivity contribution >= 4 is 22.6 Å². The lowest BCUT2D eigenvalue weighted by atomic mass is 10.0. The second-order valence-corrected chi connectivity index (χ2v) is 4.70. The molecule has 0 fully saturated rings. The van der Waals surface area contributed by atoms with E-state index in [2.05, 4.69) is 10.5 Å². The molecule has 4 heteroatoms. The molecule has 1 heterocycles. The fourth-order valence-electron chi connectivity index (χ4n) is 2.13. The van der Waals surface area contributed by atoms with Crippen LogP contribution in [0.4, 0.5) is 5.88 Å². The highest BCUT2D eigenvalue weighted by Gasteiger charge is 2.14. The van der Waals surface area contributed by atoms with Gasteiger partial charge in [0.25, 0.3) is 5.91 Å². The normalized spacial score (nSPS) is 10.7. The van der Waals surface area contributed by atoms with Crippen LogP contribution >= 0.6 is 0 Å². The number of fused-ring (bicyclic) bond motifs is 1. The second kappa shape index (κ2) is 4.81. The second-order valence-electron chi connectivity index (χ2n) is 4.70. The average molecular weight is 266 g/mol. The predicted molar refractivity (Wildman–Crippen MR) is 77.9 cm³/mol. The van der Waals surface area contributed by atoms with Gasteiger partial charge in [0.05, 0.1) is 5.69 Å².